The molecule has 3 rings (SSSR count). The van der Waals surface area contributed by atoms with Gasteiger partial charge in [-0.15, -0.1) is 0 Å². The Balaban J connectivity index is 2.28. The van der Waals surface area contributed by atoms with E-state index in [-0.39, 0.29) is 0 Å². The van der Waals surface area contributed by atoms with Crippen LogP contribution in [-0.4, -0.2) is 14.5 Å². The Labute approximate surface area is 122 Å². The number of nitrogens with two attached hydrogens (primary N) is 1. The molecule has 0 unspecified atom stereocenters. The molecule has 0 amide bonds. The second-order valence-electron chi connectivity index (χ2n) is 4.85. The molecule has 2 aromatic heterocycles. The molecule has 0 spiro atoms. The molecule has 102 valence electrons. The first-order valence-corrected chi connectivity index (χ1v) is 6.77. The summed E-state index contributed by atoms with van der Waals surface area (Å²) in [5.41, 5.74) is 10.9. The number of pyridine rings is 1. The first kappa shape index (κ1) is 13.1. The second kappa shape index (κ2) is 4.89. The number of nitrogens with zero attached hydrogens (tertiary/aromatic N) is 3. The fourth-order valence-corrected chi connectivity index (χ4v) is 2.51. The van der Waals surface area contributed by atoms with Gasteiger partial charge in [0.25, 0.3) is 0 Å². The van der Waals surface area contributed by atoms with Gasteiger partial charge in [0.2, 0.25) is 0 Å². The van der Waals surface area contributed by atoms with E-state index >= 15 is 0 Å². The van der Waals surface area contributed by atoms with Gasteiger partial charge in [-0.1, -0.05) is 11.6 Å². The molecular weight excluding hydrogens is 272 g/mol. The summed E-state index contributed by atoms with van der Waals surface area (Å²) in [6.45, 7) is 4.55. The number of fused-ring (bicyclic) bond motifs is 1. The maximum absolute atomic E-state index is 6.38. The van der Waals surface area contributed by atoms with Gasteiger partial charge in [-0.2, -0.15) is 0 Å². The molecule has 0 aliphatic carbocycles. The van der Waals surface area contributed by atoms with Crippen LogP contribution < -0.4 is 5.73 Å². The van der Waals surface area contributed by atoms with Gasteiger partial charge in [0.1, 0.15) is 6.33 Å². The molecule has 0 saturated carbocycles. The third-order valence-corrected chi connectivity index (χ3v) is 3.97. The van der Waals surface area contributed by atoms with E-state index in [0.717, 1.165) is 16.6 Å². The number of aromatic nitrogens is 3. The standard InChI is InChI=1S/C15H15ClN4/c1-9-5-12-13(6-10(9)2)20(8-19-12)15-14(16)11(7-17)3-4-18-15/h3-6,8H,7,17H2,1-2H3. The van der Waals surface area contributed by atoms with Crippen LogP contribution in [0.2, 0.25) is 5.02 Å². The number of aryl methyl sites for hydroxylation is 2. The fraction of sp³-hybridized carbons (Fsp3) is 0.200. The van der Waals surface area contributed by atoms with E-state index in [4.69, 9.17) is 17.3 Å². The lowest BCUT2D eigenvalue weighted by atomic mass is 10.1. The summed E-state index contributed by atoms with van der Waals surface area (Å²) in [5, 5.41) is 0.576. The van der Waals surface area contributed by atoms with Crippen molar-refractivity contribution in [2.45, 2.75) is 20.4 Å². The third kappa shape index (κ3) is 1.97. The first-order chi connectivity index (χ1) is 9.61. The van der Waals surface area contributed by atoms with Crippen LogP contribution in [0.15, 0.2) is 30.7 Å². The van der Waals surface area contributed by atoms with Gasteiger partial charge < -0.3 is 5.73 Å². The average Bonchev–Trinajstić information content (AvgIpc) is 2.82. The highest BCUT2D eigenvalue weighted by Crippen LogP contribution is 2.26. The minimum Gasteiger partial charge on any atom is -0.326 e. The number of hydrogen-bond acceptors (Lipinski definition) is 3. The van der Waals surface area contributed by atoms with E-state index in [1.54, 1.807) is 12.5 Å². The Bertz CT molecular complexity index is 792. The molecule has 1 aromatic carbocycles. The van der Waals surface area contributed by atoms with Gasteiger partial charge in [0.15, 0.2) is 5.82 Å². The molecule has 2 N–H and O–H groups in total. The highest BCUT2D eigenvalue weighted by atomic mass is 35.5. The highest BCUT2D eigenvalue weighted by Gasteiger charge is 2.12. The SMILES string of the molecule is Cc1cc2ncn(-c3nccc(CN)c3Cl)c2cc1C. The van der Waals surface area contributed by atoms with Crippen molar-refractivity contribution in [2.24, 2.45) is 5.73 Å². The zero-order valence-electron chi connectivity index (χ0n) is 11.4. The molecule has 0 atom stereocenters. The van der Waals surface area contributed by atoms with Crippen LogP contribution in [0.5, 0.6) is 0 Å². The number of benzene rings is 1. The average molecular weight is 287 g/mol. The Hall–Kier alpha value is -1.91. The lowest BCUT2D eigenvalue weighted by Gasteiger charge is -2.09. The zero-order valence-corrected chi connectivity index (χ0v) is 12.1. The molecule has 5 heteroatoms. The van der Waals surface area contributed by atoms with Gasteiger partial charge in [0.05, 0.1) is 16.1 Å². The van der Waals surface area contributed by atoms with E-state index in [1.165, 1.54) is 11.1 Å². The van der Waals surface area contributed by atoms with Crippen LogP contribution in [0.25, 0.3) is 16.9 Å². The predicted octanol–water partition coefficient (Wildman–Crippen LogP) is 3.15. The number of imidazole rings is 1. The maximum Gasteiger partial charge on any atom is 0.157 e. The van der Waals surface area contributed by atoms with E-state index < -0.39 is 0 Å². The van der Waals surface area contributed by atoms with Crippen molar-refractivity contribution in [3.05, 3.63) is 52.4 Å². The molecule has 20 heavy (non-hydrogen) atoms. The normalized spacial score (nSPS) is 11.2. The van der Waals surface area contributed by atoms with Crippen LogP contribution in [0.4, 0.5) is 0 Å². The van der Waals surface area contributed by atoms with Crippen molar-refractivity contribution in [3.63, 3.8) is 0 Å². The van der Waals surface area contributed by atoms with Gasteiger partial charge in [-0.25, -0.2) is 9.97 Å². The molecule has 0 radical (unpaired) electrons. The summed E-state index contributed by atoms with van der Waals surface area (Å²) in [6, 6.07) is 6.01. The van der Waals surface area contributed by atoms with Crippen molar-refractivity contribution in [2.75, 3.05) is 0 Å². The Kier molecular flexibility index (Phi) is 3.20. The van der Waals surface area contributed by atoms with Gasteiger partial charge in [-0.05, 0) is 48.7 Å². The molecule has 0 bridgehead atoms. The fourth-order valence-electron chi connectivity index (χ4n) is 2.23. The lowest BCUT2D eigenvalue weighted by Crippen LogP contribution is -2.03. The molecule has 0 fully saturated rings. The van der Waals surface area contributed by atoms with E-state index in [2.05, 4.69) is 35.9 Å². The van der Waals surface area contributed by atoms with Gasteiger partial charge in [-0.3, -0.25) is 4.57 Å². The topological polar surface area (TPSA) is 56.7 Å². The highest BCUT2D eigenvalue weighted by molar-refractivity contribution is 6.33. The smallest absolute Gasteiger partial charge is 0.157 e. The van der Waals surface area contributed by atoms with Gasteiger partial charge >= 0.3 is 0 Å². The predicted molar refractivity (Wildman–Crippen MR) is 81.2 cm³/mol. The number of rotatable bonds is 2. The third-order valence-electron chi connectivity index (χ3n) is 3.56. The summed E-state index contributed by atoms with van der Waals surface area (Å²) >= 11 is 6.38. The van der Waals surface area contributed by atoms with E-state index in [0.29, 0.717) is 17.4 Å². The quantitative estimate of drug-likeness (QED) is 0.787. The summed E-state index contributed by atoms with van der Waals surface area (Å²) in [6.07, 6.45) is 3.47. The summed E-state index contributed by atoms with van der Waals surface area (Å²) in [5.74, 6) is 0.667. The van der Waals surface area contributed by atoms with Crippen molar-refractivity contribution in [3.8, 4) is 5.82 Å². The monoisotopic (exact) mass is 286 g/mol. The van der Waals surface area contributed by atoms with Crippen molar-refractivity contribution < 1.29 is 0 Å². The summed E-state index contributed by atoms with van der Waals surface area (Å²) in [4.78, 5) is 8.79. The van der Waals surface area contributed by atoms with Crippen LogP contribution in [0, 0.1) is 13.8 Å². The molecule has 0 aliphatic rings. The van der Waals surface area contributed by atoms with Crippen LogP contribution in [-0.2, 0) is 6.54 Å². The minimum absolute atomic E-state index is 0.388. The largest absolute Gasteiger partial charge is 0.326 e. The molecule has 4 nitrogen and oxygen atoms in total. The second-order valence-corrected chi connectivity index (χ2v) is 5.23. The van der Waals surface area contributed by atoms with E-state index in [1.807, 2.05) is 10.6 Å². The number of hydrogen-bond donors (Lipinski definition) is 1. The van der Waals surface area contributed by atoms with Crippen LogP contribution in [0.1, 0.15) is 16.7 Å². The van der Waals surface area contributed by atoms with E-state index in [9.17, 15) is 0 Å². The van der Waals surface area contributed by atoms with Crippen LogP contribution >= 0.6 is 11.6 Å². The van der Waals surface area contributed by atoms with Crippen molar-refractivity contribution >= 4 is 22.6 Å². The number of halogens is 1. The Morgan fingerprint density at radius 2 is 1.95 bits per heavy atom. The first-order valence-electron chi connectivity index (χ1n) is 6.40. The maximum atomic E-state index is 6.38. The Morgan fingerprint density at radius 3 is 2.70 bits per heavy atom. The molecular formula is C15H15ClN4. The summed E-state index contributed by atoms with van der Waals surface area (Å²) < 4.78 is 1.91. The Morgan fingerprint density at radius 1 is 1.20 bits per heavy atom. The molecule has 0 aliphatic heterocycles. The van der Waals surface area contributed by atoms with Crippen molar-refractivity contribution in [1.29, 1.82) is 0 Å². The molecule has 2 heterocycles. The summed E-state index contributed by atoms with van der Waals surface area (Å²) in [7, 11) is 0. The minimum atomic E-state index is 0.388. The molecule has 0 saturated heterocycles. The molecule has 3 aromatic rings. The van der Waals surface area contributed by atoms with Crippen LogP contribution in [0.3, 0.4) is 0 Å². The van der Waals surface area contributed by atoms with Gasteiger partial charge in [0, 0.05) is 12.7 Å². The lowest BCUT2D eigenvalue weighted by molar-refractivity contribution is 0.989. The zero-order chi connectivity index (χ0) is 14.3. The van der Waals surface area contributed by atoms with Crippen molar-refractivity contribution in [1.82, 2.24) is 14.5 Å².